The van der Waals surface area contributed by atoms with Gasteiger partial charge in [0.15, 0.2) is 0 Å². The van der Waals surface area contributed by atoms with Crippen molar-refractivity contribution in [3.8, 4) is 23.3 Å². The highest BCUT2D eigenvalue weighted by atomic mass is 16.5. The lowest BCUT2D eigenvalue weighted by Crippen LogP contribution is -1.94. The highest BCUT2D eigenvalue weighted by molar-refractivity contribution is 5.38. The van der Waals surface area contributed by atoms with Crippen LogP contribution in [0.25, 0.3) is 0 Å². The van der Waals surface area contributed by atoms with Crippen molar-refractivity contribution in [3.05, 3.63) is 59.7 Å². The molecule has 2 aromatic carbocycles. The van der Waals surface area contributed by atoms with Crippen LogP contribution in [0.3, 0.4) is 0 Å². The maximum atomic E-state index is 9.19. The molecule has 0 spiro atoms. The minimum absolute atomic E-state index is 0.0842. The van der Waals surface area contributed by atoms with E-state index < -0.39 is 0 Å². The zero-order valence-corrected chi connectivity index (χ0v) is 11.0. The Hall–Kier alpha value is -2.44. The molecule has 0 amide bonds. The number of hydrogen-bond donors (Lipinski definition) is 2. The number of benzene rings is 2. The summed E-state index contributed by atoms with van der Waals surface area (Å²) in [7, 11) is 0. The molecule has 0 radical (unpaired) electrons. The van der Waals surface area contributed by atoms with Gasteiger partial charge in [-0.3, -0.25) is 0 Å². The van der Waals surface area contributed by atoms with E-state index in [2.05, 4.69) is 11.8 Å². The number of aromatic hydroxyl groups is 1. The third-order valence-electron chi connectivity index (χ3n) is 2.67. The number of aliphatic hydroxyl groups excluding tert-OH is 1. The van der Waals surface area contributed by atoms with Crippen LogP contribution >= 0.6 is 0 Å². The van der Waals surface area contributed by atoms with Gasteiger partial charge in [0, 0.05) is 12.0 Å². The second-order valence-corrected chi connectivity index (χ2v) is 4.25. The molecule has 20 heavy (non-hydrogen) atoms. The van der Waals surface area contributed by atoms with E-state index in [1.54, 1.807) is 12.1 Å². The third-order valence-corrected chi connectivity index (χ3v) is 2.67. The lowest BCUT2D eigenvalue weighted by molar-refractivity contribution is 0.305. The standard InChI is InChI=1S/C17H16O3/c18-12-2-1-3-14-6-10-17(11-7-14)20-13-15-4-8-16(19)9-5-15/h4-11,18-19H,2,12-13H2. The highest BCUT2D eigenvalue weighted by Crippen LogP contribution is 2.15. The van der Waals surface area contributed by atoms with E-state index in [1.807, 2.05) is 36.4 Å². The molecular formula is C17H16O3. The predicted octanol–water partition coefficient (Wildman–Crippen LogP) is 2.71. The van der Waals surface area contributed by atoms with Crippen LogP contribution in [0.1, 0.15) is 17.5 Å². The molecule has 0 saturated heterocycles. The Balaban J connectivity index is 1.91. The van der Waals surface area contributed by atoms with Crippen LogP contribution in [0.2, 0.25) is 0 Å². The minimum Gasteiger partial charge on any atom is -0.508 e. The molecule has 0 aromatic heterocycles. The molecule has 102 valence electrons. The largest absolute Gasteiger partial charge is 0.508 e. The van der Waals surface area contributed by atoms with E-state index in [9.17, 15) is 5.11 Å². The van der Waals surface area contributed by atoms with Gasteiger partial charge in [-0.15, -0.1) is 0 Å². The van der Waals surface area contributed by atoms with Crippen LogP contribution in [0.5, 0.6) is 11.5 Å². The SMILES string of the molecule is OCCC#Cc1ccc(OCc2ccc(O)cc2)cc1. The van der Waals surface area contributed by atoms with Gasteiger partial charge in [-0.1, -0.05) is 24.0 Å². The summed E-state index contributed by atoms with van der Waals surface area (Å²) >= 11 is 0. The molecule has 0 saturated carbocycles. The molecule has 3 nitrogen and oxygen atoms in total. The van der Waals surface area contributed by atoms with Crippen LogP contribution in [-0.4, -0.2) is 16.8 Å². The Morgan fingerprint density at radius 2 is 1.65 bits per heavy atom. The summed E-state index contributed by atoms with van der Waals surface area (Å²) in [5.41, 5.74) is 1.89. The molecule has 2 N–H and O–H groups in total. The van der Waals surface area contributed by atoms with E-state index in [0.717, 1.165) is 16.9 Å². The summed E-state index contributed by atoms with van der Waals surface area (Å²) in [6.07, 6.45) is 0.485. The van der Waals surface area contributed by atoms with Gasteiger partial charge in [0.05, 0.1) is 6.61 Å². The first-order chi connectivity index (χ1) is 9.78. The zero-order chi connectivity index (χ0) is 14.2. The summed E-state index contributed by atoms with van der Waals surface area (Å²) in [6.45, 7) is 0.538. The molecule has 0 bridgehead atoms. The maximum absolute atomic E-state index is 9.19. The van der Waals surface area contributed by atoms with Gasteiger partial charge in [0.25, 0.3) is 0 Å². The third kappa shape index (κ3) is 4.34. The number of phenolic OH excluding ortho intramolecular Hbond substituents is 1. The topological polar surface area (TPSA) is 49.7 Å². The molecule has 0 heterocycles. The number of ether oxygens (including phenoxy) is 1. The lowest BCUT2D eigenvalue weighted by Gasteiger charge is -2.06. The molecule has 2 aromatic rings. The second-order valence-electron chi connectivity index (χ2n) is 4.25. The van der Waals surface area contributed by atoms with Crippen molar-refractivity contribution in [2.45, 2.75) is 13.0 Å². The van der Waals surface area contributed by atoms with Gasteiger partial charge >= 0.3 is 0 Å². The van der Waals surface area contributed by atoms with Crippen molar-refractivity contribution >= 4 is 0 Å². The maximum Gasteiger partial charge on any atom is 0.119 e. The molecule has 0 unspecified atom stereocenters. The van der Waals surface area contributed by atoms with Crippen LogP contribution < -0.4 is 4.74 Å². The molecule has 0 fully saturated rings. The molecule has 0 aliphatic carbocycles. The smallest absolute Gasteiger partial charge is 0.119 e. The normalized spacial score (nSPS) is 9.65. The first-order valence-electron chi connectivity index (χ1n) is 6.38. The van der Waals surface area contributed by atoms with Crippen molar-refractivity contribution in [3.63, 3.8) is 0 Å². The van der Waals surface area contributed by atoms with Crippen molar-refractivity contribution in [1.82, 2.24) is 0 Å². The Kier molecular flexibility index (Phi) is 5.05. The summed E-state index contributed by atoms with van der Waals surface area (Å²) in [5.74, 6) is 6.85. The summed E-state index contributed by atoms with van der Waals surface area (Å²) < 4.78 is 5.64. The average Bonchev–Trinajstić information content (AvgIpc) is 2.48. The average molecular weight is 268 g/mol. The fourth-order valence-electron chi connectivity index (χ4n) is 1.61. The first kappa shape index (κ1) is 14.0. The molecule has 3 heteroatoms. The predicted molar refractivity (Wildman–Crippen MR) is 77.5 cm³/mol. The zero-order valence-electron chi connectivity index (χ0n) is 11.0. The van der Waals surface area contributed by atoms with E-state index in [-0.39, 0.29) is 12.4 Å². The van der Waals surface area contributed by atoms with Crippen molar-refractivity contribution in [1.29, 1.82) is 0 Å². The van der Waals surface area contributed by atoms with E-state index in [0.29, 0.717) is 13.0 Å². The van der Waals surface area contributed by atoms with Crippen molar-refractivity contribution in [2.24, 2.45) is 0 Å². The van der Waals surface area contributed by atoms with Gasteiger partial charge in [-0.25, -0.2) is 0 Å². The van der Waals surface area contributed by atoms with Gasteiger partial charge in [0.2, 0.25) is 0 Å². The van der Waals surface area contributed by atoms with Crippen LogP contribution in [0.15, 0.2) is 48.5 Å². The van der Waals surface area contributed by atoms with Gasteiger partial charge in [0.1, 0.15) is 18.1 Å². The van der Waals surface area contributed by atoms with Gasteiger partial charge < -0.3 is 14.9 Å². The Bertz CT molecular complexity index is 589. The molecule has 2 rings (SSSR count). The quantitative estimate of drug-likeness (QED) is 0.838. The molecule has 0 atom stereocenters. The number of phenols is 1. The Morgan fingerprint density at radius 1 is 0.950 bits per heavy atom. The minimum atomic E-state index is 0.0842. The van der Waals surface area contributed by atoms with Crippen LogP contribution in [0, 0.1) is 11.8 Å². The van der Waals surface area contributed by atoms with E-state index in [4.69, 9.17) is 9.84 Å². The van der Waals surface area contributed by atoms with E-state index in [1.165, 1.54) is 0 Å². The highest BCUT2D eigenvalue weighted by Gasteiger charge is 1.96. The fourth-order valence-corrected chi connectivity index (χ4v) is 1.61. The van der Waals surface area contributed by atoms with Crippen LogP contribution in [0.4, 0.5) is 0 Å². The summed E-state index contributed by atoms with van der Waals surface area (Å²) in [6, 6.07) is 14.4. The van der Waals surface area contributed by atoms with Crippen molar-refractivity contribution in [2.75, 3.05) is 6.61 Å². The number of aliphatic hydroxyl groups is 1. The van der Waals surface area contributed by atoms with Crippen molar-refractivity contribution < 1.29 is 14.9 Å². The summed E-state index contributed by atoms with van der Waals surface area (Å²) in [5, 5.41) is 17.8. The first-order valence-corrected chi connectivity index (χ1v) is 6.38. The molecular weight excluding hydrogens is 252 g/mol. The van der Waals surface area contributed by atoms with Crippen LogP contribution in [-0.2, 0) is 6.61 Å². The Morgan fingerprint density at radius 3 is 2.30 bits per heavy atom. The fraction of sp³-hybridized carbons (Fsp3) is 0.176. The monoisotopic (exact) mass is 268 g/mol. The number of rotatable bonds is 4. The van der Waals surface area contributed by atoms with E-state index >= 15 is 0 Å². The lowest BCUT2D eigenvalue weighted by atomic mass is 10.2. The summed E-state index contributed by atoms with van der Waals surface area (Å²) in [4.78, 5) is 0. The Labute approximate surface area is 118 Å². The molecule has 0 aliphatic heterocycles. The molecule has 0 aliphatic rings. The number of hydrogen-bond acceptors (Lipinski definition) is 3. The second kappa shape index (κ2) is 7.22. The van der Waals surface area contributed by atoms with Gasteiger partial charge in [-0.05, 0) is 42.0 Å². The van der Waals surface area contributed by atoms with Gasteiger partial charge in [-0.2, -0.15) is 0 Å².